The van der Waals surface area contributed by atoms with Crippen LogP contribution in [0.5, 0.6) is 0 Å². The van der Waals surface area contributed by atoms with Crippen LogP contribution in [-0.2, 0) is 12.8 Å². The number of halogens is 1. The monoisotopic (exact) mass is 398 g/mol. The van der Waals surface area contributed by atoms with Crippen molar-refractivity contribution in [2.24, 2.45) is 5.92 Å². The van der Waals surface area contributed by atoms with Gasteiger partial charge in [-0.1, -0.05) is 25.1 Å². The van der Waals surface area contributed by atoms with Crippen molar-refractivity contribution < 1.29 is 0 Å². The minimum atomic E-state index is 0.370. The lowest BCUT2D eigenvalue weighted by Crippen LogP contribution is -2.47. The molecule has 1 atom stereocenters. The Morgan fingerprint density at radius 3 is 2.56 bits per heavy atom. The molecule has 140 valence electrons. The first-order valence-electron chi connectivity index (χ1n) is 9.72. The Morgan fingerprint density at radius 1 is 1.04 bits per heavy atom. The Labute approximate surface area is 168 Å². The molecule has 0 saturated carbocycles. The molecule has 0 spiro atoms. The molecule has 0 N–H and O–H groups in total. The summed E-state index contributed by atoms with van der Waals surface area (Å²) in [5.74, 6) is 1.80. The molecular formula is C21H23ClN4S. The third-order valence-corrected chi connectivity index (χ3v) is 7.13. The second-order valence-electron chi connectivity index (χ2n) is 7.66. The van der Waals surface area contributed by atoms with Gasteiger partial charge < -0.3 is 9.80 Å². The topological polar surface area (TPSA) is 32.3 Å². The Balaban J connectivity index is 1.47. The first kappa shape index (κ1) is 17.3. The van der Waals surface area contributed by atoms with Gasteiger partial charge in [0, 0.05) is 36.7 Å². The summed E-state index contributed by atoms with van der Waals surface area (Å²) in [6.45, 7) is 6.25. The highest BCUT2D eigenvalue weighted by molar-refractivity contribution is 7.19. The Kier molecular flexibility index (Phi) is 4.44. The molecule has 1 saturated heterocycles. The normalized spacial score (nSPS) is 20.1. The zero-order chi connectivity index (χ0) is 18.4. The Hall–Kier alpha value is -1.85. The van der Waals surface area contributed by atoms with Gasteiger partial charge in [0.05, 0.1) is 5.39 Å². The highest BCUT2D eigenvalue weighted by Crippen LogP contribution is 2.41. The first-order chi connectivity index (χ1) is 13.2. The van der Waals surface area contributed by atoms with Crippen LogP contribution in [0.2, 0.25) is 5.28 Å². The summed E-state index contributed by atoms with van der Waals surface area (Å²) in [5.41, 5.74) is 2.77. The van der Waals surface area contributed by atoms with Crippen LogP contribution in [0.3, 0.4) is 0 Å². The molecule has 1 aromatic carbocycles. The molecule has 0 radical (unpaired) electrons. The third kappa shape index (κ3) is 3.17. The van der Waals surface area contributed by atoms with Gasteiger partial charge in [-0.05, 0) is 54.5 Å². The predicted octanol–water partition coefficient (Wildman–Crippen LogP) is 4.80. The second-order valence-corrected chi connectivity index (χ2v) is 9.08. The fourth-order valence-electron chi connectivity index (χ4n) is 4.34. The summed E-state index contributed by atoms with van der Waals surface area (Å²) < 4.78 is 0. The van der Waals surface area contributed by atoms with Gasteiger partial charge in [-0.15, -0.1) is 11.3 Å². The number of piperazine rings is 1. The number of hydrogen-bond donors (Lipinski definition) is 0. The minimum absolute atomic E-state index is 0.370. The maximum Gasteiger partial charge on any atom is 0.225 e. The van der Waals surface area contributed by atoms with E-state index < -0.39 is 0 Å². The van der Waals surface area contributed by atoms with Crippen molar-refractivity contribution in [2.75, 3.05) is 36.0 Å². The van der Waals surface area contributed by atoms with E-state index in [0.717, 1.165) is 55.6 Å². The van der Waals surface area contributed by atoms with Gasteiger partial charge in [0.15, 0.2) is 0 Å². The number of rotatable bonds is 2. The largest absolute Gasteiger partial charge is 0.368 e. The summed E-state index contributed by atoms with van der Waals surface area (Å²) in [6, 6.07) is 10.7. The van der Waals surface area contributed by atoms with Crippen molar-refractivity contribution in [2.45, 2.75) is 26.2 Å². The van der Waals surface area contributed by atoms with Crippen molar-refractivity contribution in [1.29, 1.82) is 0 Å². The molecule has 1 aliphatic carbocycles. The van der Waals surface area contributed by atoms with Gasteiger partial charge in [-0.3, -0.25) is 0 Å². The molecule has 5 rings (SSSR count). The third-order valence-electron chi connectivity index (χ3n) is 5.81. The first-order valence-corrected chi connectivity index (χ1v) is 10.9. The van der Waals surface area contributed by atoms with Crippen LogP contribution < -0.4 is 9.80 Å². The predicted molar refractivity (Wildman–Crippen MR) is 114 cm³/mol. The molecule has 1 fully saturated rings. The lowest BCUT2D eigenvalue weighted by molar-refractivity contribution is 0.509. The lowest BCUT2D eigenvalue weighted by atomic mass is 9.89. The van der Waals surface area contributed by atoms with Crippen LogP contribution in [0.25, 0.3) is 10.2 Å². The van der Waals surface area contributed by atoms with Crippen LogP contribution in [0.1, 0.15) is 23.8 Å². The number of fused-ring (bicyclic) bond motifs is 3. The maximum atomic E-state index is 6.31. The summed E-state index contributed by atoms with van der Waals surface area (Å²) in [4.78, 5) is 16.7. The molecule has 2 aliphatic rings. The van der Waals surface area contributed by atoms with Crippen molar-refractivity contribution >= 4 is 44.7 Å². The van der Waals surface area contributed by atoms with E-state index in [9.17, 15) is 0 Å². The number of anilines is 2. The average molecular weight is 399 g/mol. The molecule has 1 aliphatic heterocycles. The van der Waals surface area contributed by atoms with Gasteiger partial charge in [0.1, 0.15) is 10.6 Å². The van der Waals surface area contributed by atoms with E-state index in [1.54, 1.807) is 0 Å². The molecular weight excluding hydrogens is 376 g/mol. The van der Waals surface area contributed by atoms with E-state index in [4.69, 9.17) is 16.6 Å². The minimum Gasteiger partial charge on any atom is -0.368 e. The molecule has 3 heterocycles. The number of hydrogen-bond acceptors (Lipinski definition) is 5. The van der Waals surface area contributed by atoms with E-state index in [1.807, 2.05) is 11.3 Å². The molecule has 4 nitrogen and oxygen atoms in total. The number of benzene rings is 1. The second kappa shape index (κ2) is 6.95. The zero-order valence-corrected chi connectivity index (χ0v) is 17.1. The SMILES string of the molecule is CC1CCc2c(sc3nc(Cl)nc(N4CCN(c5ccccc5)CC4)c23)C1. The zero-order valence-electron chi connectivity index (χ0n) is 15.5. The summed E-state index contributed by atoms with van der Waals surface area (Å²) in [5, 5.41) is 1.63. The van der Waals surface area contributed by atoms with Gasteiger partial charge >= 0.3 is 0 Å². The van der Waals surface area contributed by atoms with Crippen molar-refractivity contribution in [3.63, 3.8) is 0 Å². The lowest BCUT2D eigenvalue weighted by Gasteiger charge is -2.37. The number of para-hydroxylation sites is 1. The summed E-state index contributed by atoms with van der Waals surface area (Å²) >= 11 is 8.13. The molecule has 0 amide bonds. The Bertz CT molecular complexity index is 963. The van der Waals surface area contributed by atoms with Gasteiger partial charge in [0.25, 0.3) is 0 Å². The quantitative estimate of drug-likeness (QED) is 0.580. The average Bonchev–Trinajstić information content (AvgIpc) is 3.05. The molecule has 27 heavy (non-hydrogen) atoms. The smallest absolute Gasteiger partial charge is 0.225 e. The molecule has 3 aromatic rings. The van der Waals surface area contributed by atoms with Crippen molar-refractivity contribution in [3.8, 4) is 0 Å². The van der Waals surface area contributed by atoms with Crippen LogP contribution >= 0.6 is 22.9 Å². The number of nitrogens with zero attached hydrogens (tertiary/aromatic N) is 4. The number of aryl methyl sites for hydroxylation is 1. The molecule has 0 bridgehead atoms. The van der Waals surface area contributed by atoms with E-state index in [-0.39, 0.29) is 0 Å². The van der Waals surface area contributed by atoms with E-state index in [2.05, 4.69) is 52.0 Å². The van der Waals surface area contributed by atoms with Gasteiger partial charge in [-0.2, -0.15) is 4.98 Å². The van der Waals surface area contributed by atoms with E-state index in [0.29, 0.717) is 5.28 Å². The number of thiophene rings is 1. The van der Waals surface area contributed by atoms with Gasteiger partial charge in [-0.25, -0.2) is 4.98 Å². The molecule has 1 unspecified atom stereocenters. The summed E-state index contributed by atoms with van der Waals surface area (Å²) in [6.07, 6.45) is 3.55. The van der Waals surface area contributed by atoms with Gasteiger partial charge in [0.2, 0.25) is 5.28 Å². The molecule has 2 aromatic heterocycles. The number of aromatic nitrogens is 2. The fourth-order valence-corrected chi connectivity index (χ4v) is 5.93. The standard InChI is InChI=1S/C21H23ClN4S/c1-14-7-8-16-17(13-14)27-20-18(16)19(23-21(22)24-20)26-11-9-25(10-12-26)15-5-3-2-4-6-15/h2-6,14H,7-13H2,1H3. The van der Waals surface area contributed by atoms with E-state index >= 15 is 0 Å². The van der Waals surface area contributed by atoms with Crippen LogP contribution in [0.15, 0.2) is 30.3 Å². The summed E-state index contributed by atoms with van der Waals surface area (Å²) in [7, 11) is 0. The maximum absolute atomic E-state index is 6.31. The van der Waals surface area contributed by atoms with Crippen molar-refractivity contribution in [1.82, 2.24) is 9.97 Å². The fraction of sp³-hybridized carbons (Fsp3) is 0.429. The van der Waals surface area contributed by atoms with E-state index in [1.165, 1.54) is 27.9 Å². The Morgan fingerprint density at radius 2 is 1.78 bits per heavy atom. The molecule has 6 heteroatoms. The van der Waals surface area contributed by atoms with Crippen molar-refractivity contribution in [3.05, 3.63) is 46.1 Å². The van der Waals surface area contributed by atoms with Crippen LogP contribution in [-0.4, -0.2) is 36.1 Å². The highest BCUT2D eigenvalue weighted by Gasteiger charge is 2.27. The highest BCUT2D eigenvalue weighted by atomic mass is 35.5. The van der Waals surface area contributed by atoms with Crippen LogP contribution in [0.4, 0.5) is 11.5 Å². The van der Waals surface area contributed by atoms with Crippen LogP contribution in [0, 0.1) is 5.92 Å².